The van der Waals surface area contributed by atoms with Crippen LogP contribution in [0.4, 0.5) is 5.69 Å². The summed E-state index contributed by atoms with van der Waals surface area (Å²) < 4.78 is 12.3. The number of hydrazone groups is 1. The molecule has 7 heteroatoms. The minimum Gasteiger partial charge on any atom is -0.493 e. The molecule has 1 aliphatic heterocycles. The van der Waals surface area contributed by atoms with Crippen LogP contribution in [0.2, 0.25) is 5.02 Å². The van der Waals surface area contributed by atoms with Crippen molar-refractivity contribution in [2.75, 3.05) is 12.1 Å². The third-order valence-electron chi connectivity index (χ3n) is 4.96. The molecule has 0 atom stereocenters. The molecule has 3 aromatic rings. The van der Waals surface area contributed by atoms with Crippen LogP contribution in [0, 0.1) is 0 Å². The molecule has 3 aromatic carbocycles. The van der Waals surface area contributed by atoms with Crippen molar-refractivity contribution in [1.29, 1.82) is 0 Å². The number of carbonyl (C=O) groups is 1. The second kappa shape index (κ2) is 9.59. The molecular weight excluding hydrogens is 492 g/mol. The van der Waals surface area contributed by atoms with Gasteiger partial charge in [0.25, 0.3) is 5.91 Å². The molecule has 0 spiro atoms. The Balaban J connectivity index is 1.62. The number of rotatable bonds is 6. The van der Waals surface area contributed by atoms with Gasteiger partial charge in [-0.15, -0.1) is 0 Å². The number of hydrogen-bond donors (Lipinski definition) is 0. The van der Waals surface area contributed by atoms with Crippen molar-refractivity contribution in [2.45, 2.75) is 13.5 Å². The maximum absolute atomic E-state index is 13.1. The van der Waals surface area contributed by atoms with Crippen LogP contribution in [0.15, 0.2) is 81.9 Å². The maximum atomic E-state index is 13.1. The third-order valence-corrected chi connectivity index (χ3v) is 5.97. The molecule has 0 aliphatic carbocycles. The van der Waals surface area contributed by atoms with E-state index in [1.165, 1.54) is 5.01 Å². The van der Waals surface area contributed by atoms with Gasteiger partial charge in [0, 0.05) is 4.47 Å². The molecule has 162 valence electrons. The smallest absolute Gasteiger partial charge is 0.280 e. The van der Waals surface area contributed by atoms with Crippen LogP contribution >= 0.6 is 27.5 Å². The van der Waals surface area contributed by atoms with Crippen LogP contribution in [0.5, 0.6) is 11.5 Å². The lowest BCUT2D eigenvalue weighted by Crippen LogP contribution is -2.21. The molecule has 0 N–H and O–H groups in total. The number of anilines is 1. The molecule has 0 fully saturated rings. The molecule has 1 aliphatic rings. The summed E-state index contributed by atoms with van der Waals surface area (Å²) in [6.45, 7) is 2.21. The lowest BCUT2D eigenvalue weighted by molar-refractivity contribution is -0.114. The number of benzene rings is 3. The summed E-state index contributed by atoms with van der Waals surface area (Å²) in [6.07, 6.45) is 1.78. The van der Waals surface area contributed by atoms with Crippen molar-refractivity contribution >= 4 is 50.9 Å². The van der Waals surface area contributed by atoms with Gasteiger partial charge in [-0.2, -0.15) is 10.1 Å². The van der Waals surface area contributed by atoms with E-state index in [1.54, 1.807) is 32.2 Å². The lowest BCUT2D eigenvalue weighted by Gasteiger charge is -2.14. The van der Waals surface area contributed by atoms with Gasteiger partial charge >= 0.3 is 0 Å². The fourth-order valence-corrected chi connectivity index (χ4v) is 3.95. The zero-order valence-electron chi connectivity index (χ0n) is 17.5. The monoisotopic (exact) mass is 510 g/mol. The molecule has 0 unspecified atom stereocenters. The molecule has 5 nitrogen and oxygen atoms in total. The van der Waals surface area contributed by atoms with Crippen molar-refractivity contribution in [3.63, 3.8) is 0 Å². The molecule has 0 saturated heterocycles. The number of ether oxygens (including phenoxy) is 2. The predicted octanol–water partition coefficient (Wildman–Crippen LogP) is 6.50. The largest absolute Gasteiger partial charge is 0.493 e. The standard InChI is InChI=1S/C25H20BrClN2O3/c1-16-19(25(30)29(28-16)22-11-7-6-10-21(22)27)12-18-13-23(31-2)24(14-20(18)26)32-15-17-8-4-3-5-9-17/h3-14H,15H2,1-2H3/b19-12+. The first-order valence-corrected chi connectivity index (χ1v) is 11.1. The zero-order chi connectivity index (χ0) is 22.7. The minimum atomic E-state index is -0.245. The first kappa shape index (κ1) is 22.1. The average molecular weight is 512 g/mol. The quantitative estimate of drug-likeness (QED) is 0.355. The van der Waals surface area contributed by atoms with Crippen molar-refractivity contribution < 1.29 is 14.3 Å². The highest BCUT2D eigenvalue weighted by molar-refractivity contribution is 9.10. The second-order valence-corrected chi connectivity index (χ2v) is 8.37. The van der Waals surface area contributed by atoms with Gasteiger partial charge in [-0.3, -0.25) is 4.79 Å². The molecule has 4 rings (SSSR count). The number of nitrogens with zero attached hydrogens (tertiary/aromatic N) is 2. The fourth-order valence-electron chi connectivity index (χ4n) is 3.30. The number of amides is 1. The van der Waals surface area contributed by atoms with Crippen molar-refractivity contribution in [2.24, 2.45) is 5.10 Å². The molecule has 1 heterocycles. The van der Waals surface area contributed by atoms with E-state index in [-0.39, 0.29) is 5.91 Å². The Morgan fingerprint density at radius 1 is 1.06 bits per heavy atom. The van der Waals surface area contributed by atoms with Crippen LogP contribution in [-0.2, 0) is 11.4 Å². The summed E-state index contributed by atoms with van der Waals surface area (Å²) in [6, 6.07) is 20.7. The Kier molecular flexibility index (Phi) is 6.63. The first-order chi connectivity index (χ1) is 15.5. The van der Waals surface area contributed by atoms with Gasteiger partial charge in [0.1, 0.15) is 6.61 Å². The van der Waals surface area contributed by atoms with E-state index in [1.807, 2.05) is 54.6 Å². The number of para-hydroxylation sites is 1. The SMILES string of the molecule is COc1cc(/C=C2/C(=O)N(c3ccccc3Cl)N=C2C)c(Br)cc1OCc1ccccc1. The summed E-state index contributed by atoms with van der Waals surface area (Å²) >= 11 is 9.85. The van der Waals surface area contributed by atoms with Crippen LogP contribution in [0.3, 0.4) is 0 Å². The average Bonchev–Trinajstić information content (AvgIpc) is 3.08. The second-order valence-electron chi connectivity index (χ2n) is 7.11. The Labute approximate surface area is 200 Å². The van der Waals surface area contributed by atoms with Crippen molar-refractivity contribution in [1.82, 2.24) is 0 Å². The summed E-state index contributed by atoms with van der Waals surface area (Å²) in [5, 5.41) is 6.19. The van der Waals surface area contributed by atoms with Crippen LogP contribution in [-0.4, -0.2) is 18.7 Å². The topological polar surface area (TPSA) is 51.1 Å². The Morgan fingerprint density at radius 3 is 2.50 bits per heavy atom. The summed E-state index contributed by atoms with van der Waals surface area (Å²) in [5.41, 5.74) is 3.45. The van der Waals surface area contributed by atoms with Crippen molar-refractivity contribution in [3.05, 3.63) is 92.9 Å². The summed E-state index contributed by atoms with van der Waals surface area (Å²) in [4.78, 5) is 13.1. The zero-order valence-corrected chi connectivity index (χ0v) is 19.9. The fraction of sp³-hybridized carbons (Fsp3) is 0.120. The van der Waals surface area contributed by atoms with E-state index < -0.39 is 0 Å². The molecule has 0 aromatic heterocycles. The van der Waals surface area contributed by atoms with Gasteiger partial charge in [0.2, 0.25) is 0 Å². The lowest BCUT2D eigenvalue weighted by atomic mass is 10.1. The predicted molar refractivity (Wildman–Crippen MR) is 131 cm³/mol. The number of carbonyl (C=O) groups excluding carboxylic acids is 1. The number of methoxy groups -OCH3 is 1. The van der Waals surface area contributed by atoms with Gasteiger partial charge in [-0.05, 0) is 48.4 Å². The minimum absolute atomic E-state index is 0.245. The third kappa shape index (κ3) is 4.56. The van der Waals surface area contributed by atoms with E-state index >= 15 is 0 Å². The van der Waals surface area contributed by atoms with Crippen LogP contribution < -0.4 is 14.5 Å². The Morgan fingerprint density at radius 2 is 1.78 bits per heavy atom. The van der Waals surface area contributed by atoms with E-state index in [4.69, 9.17) is 21.1 Å². The Bertz CT molecular complexity index is 1230. The summed E-state index contributed by atoms with van der Waals surface area (Å²) in [5.74, 6) is 0.927. The normalized spacial score (nSPS) is 14.6. The van der Waals surface area contributed by atoms with Gasteiger partial charge in [0.15, 0.2) is 11.5 Å². The van der Waals surface area contributed by atoms with E-state index in [2.05, 4.69) is 21.0 Å². The van der Waals surface area contributed by atoms with Gasteiger partial charge < -0.3 is 9.47 Å². The molecule has 32 heavy (non-hydrogen) atoms. The Hall–Kier alpha value is -3.09. The van der Waals surface area contributed by atoms with Crippen molar-refractivity contribution in [3.8, 4) is 11.5 Å². The molecular formula is C25H20BrClN2O3. The van der Waals surface area contributed by atoms with Gasteiger partial charge in [-0.25, -0.2) is 0 Å². The van der Waals surface area contributed by atoms with Gasteiger partial charge in [-0.1, -0.05) is 70.0 Å². The number of hydrogen-bond acceptors (Lipinski definition) is 4. The van der Waals surface area contributed by atoms with Crippen LogP contribution in [0.1, 0.15) is 18.1 Å². The molecule has 1 amide bonds. The highest BCUT2D eigenvalue weighted by atomic mass is 79.9. The van der Waals surface area contributed by atoms with Gasteiger partial charge in [0.05, 0.1) is 29.1 Å². The summed E-state index contributed by atoms with van der Waals surface area (Å²) in [7, 11) is 1.59. The molecule has 0 radical (unpaired) electrons. The van der Waals surface area contributed by atoms with E-state index in [0.29, 0.717) is 40.1 Å². The maximum Gasteiger partial charge on any atom is 0.280 e. The van der Waals surface area contributed by atoms with E-state index in [0.717, 1.165) is 15.6 Å². The first-order valence-electron chi connectivity index (χ1n) is 9.88. The van der Waals surface area contributed by atoms with E-state index in [9.17, 15) is 4.79 Å². The highest BCUT2D eigenvalue weighted by Crippen LogP contribution is 2.36. The molecule has 0 bridgehead atoms. The highest BCUT2D eigenvalue weighted by Gasteiger charge is 2.30. The molecule has 0 saturated carbocycles. The number of halogens is 2. The van der Waals surface area contributed by atoms with Crippen LogP contribution in [0.25, 0.3) is 6.08 Å².